The molecule has 5 nitrogen and oxygen atoms in total. The van der Waals surface area contributed by atoms with Crippen molar-refractivity contribution < 1.29 is 14.7 Å². The summed E-state index contributed by atoms with van der Waals surface area (Å²) >= 11 is 0. The first-order valence-electron chi connectivity index (χ1n) is 8.79. The lowest BCUT2D eigenvalue weighted by Gasteiger charge is -2.35. The Balaban J connectivity index is 1.98. The Morgan fingerprint density at radius 2 is 1.96 bits per heavy atom. The molecule has 0 aromatic heterocycles. The molecule has 2 rings (SSSR count). The number of likely N-dealkylation sites (tertiary alicyclic amines) is 1. The van der Waals surface area contributed by atoms with Crippen LogP contribution in [0.4, 0.5) is 5.69 Å². The van der Waals surface area contributed by atoms with Gasteiger partial charge in [-0.15, -0.1) is 0 Å². The normalized spacial score (nSPS) is 17.0. The maximum atomic E-state index is 12.7. The van der Waals surface area contributed by atoms with Crippen LogP contribution in [0.2, 0.25) is 0 Å². The summed E-state index contributed by atoms with van der Waals surface area (Å²) in [7, 11) is 0. The van der Waals surface area contributed by atoms with E-state index in [1.807, 2.05) is 18.7 Å². The third-order valence-corrected chi connectivity index (χ3v) is 4.71. The second kappa shape index (κ2) is 8.29. The van der Waals surface area contributed by atoms with Crippen LogP contribution in [-0.2, 0) is 4.79 Å². The predicted octanol–water partition coefficient (Wildman–Crippen LogP) is 2.90. The van der Waals surface area contributed by atoms with Crippen LogP contribution in [0.25, 0.3) is 0 Å². The lowest BCUT2D eigenvalue weighted by atomic mass is 9.85. The summed E-state index contributed by atoms with van der Waals surface area (Å²) in [6, 6.07) is 7.08. The van der Waals surface area contributed by atoms with Gasteiger partial charge < -0.3 is 15.3 Å². The molecule has 1 aromatic carbocycles. The lowest BCUT2D eigenvalue weighted by molar-refractivity contribution is -0.115. The summed E-state index contributed by atoms with van der Waals surface area (Å²) in [6.07, 6.45) is 1.77. The van der Waals surface area contributed by atoms with Crippen LogP contribution in [0.3, 0.4) is 0 Å². The number of benzene rings is 1. The Bertz CT molecular complexity index is 578. The van der Waals surface area contributed by atoms with Gasteiger partial charge in [-0.25, -0.2) is 0 Å². The molecule has 132 valence electrons. The fraction of sp³-hybridized carbons (Fsp3) is 0.579. The molecule has 5 heteroatoms. The van der Waals surface area contributed by atoms with E-state index < -0.39 is 0 Å². The van der Waals surface area contributed by atoms with Crippen LogP contribution >= 0.6 is 0 Å². The van der Waals surface area contributed by atoms with Crippen molar-refractivity contribution in [2.45, 2.75) is 46.1 Å². The van der Waals surface area contributed by atoms with Crippen LogP contribution in [0.15, 0.2) is 24.3 Å². The molecule has 1 heterocycles. The quantitative estimate of drug-likeness (QED) is 0.871. The van der Waals surface area contributed by atoms with Gasteiger partial charge in [0.05, 0.1) is 6.10 Å². The van der Waals surface area contributed by atoms with Crippen molar-refractivity contribution in [3.05, 3.63) is 29.8 Å². The number of aliphatic hydroxyl groups is 1. The Morgan fingerprint density at radius 3 is 2.54 bits per heavy atom. The minimum absolute atomic E-state index is 0.0138. The van der Waals surface area contributed by atoms with Gasteiger partial charge in [-0.3, -0.25) is 9.59 Å². The zero-order valence-corrected chi connectivity index (χ0v) is 14.8. The number of rotatable bonds is 5. The topological polar surface area (TPSA) is 69.6 Å². The number of carbonyl (C=O) groups excluding carboxylic acids is 2. The molecule has 1 atom stereocenters. The van der Waals surface area contributed by atoms with E-state index in [0.717, 1.165) is 12.8 Å². The molecule has 1 fully saturated rings. The maximum Gasteiger partial charge on any atom is 0.253 e. The Kier molecular flexibility index (Phi) is 6.37. The average molecular weight is 332 g/mol. The van der Waals surface area contributed by atoms with Gasteiger partial charge in [0.1, 0.15) is 0 Å². The van der Waals surface area contributed by atoms with Crippen LogP contribution < -0.4 is 5.32 Å². The number of nitrogens with zero attached hydrogens (tertiary/aromatic N) is 1. The van der Waals surface area contributed by atoms with Gasteiger partial charge in [0.15, 0.2) is 0 Å². The van der Waals surface area contributed by atoms with Gasteiger partial charge in [-0.1, -0.05) is 26.8 Å². The molecule has 1 aromatic rings. The average Bonchev–Trinajstić information content (AvgIpc) is 2.60. The maximum absolute atomic E-state index is 12.7. The van der Waals surface area contributed by atoms with E-state index >= 15 is 0 Å². The summed E-state index contributed by atoms with van der Waals surface area (Å²) in [6.45, 7) is 7.17. The Labute approximate surface area is 144 Å². The number of amides is 2. The van der Waals surface area contributed by atoms with Gasteiger partial charge in [-0.2, -0.15) is 0 Å². The molecule has 0 bridgehead atoms. The van der Waals surface area contributed by atoms with Crippen molar-refractivity contribution >= 4 is 17.5 Å². The first-order chi connectivity index (χ1) is 11.4. The highest BCUT2D eigenvalue weighted by Crippen LogP contribution is 2.26. The largest absolute Gasteiger partial charge is 0.393 e. The Hall–Kier alpha value is -1.88. The van der Waals surface area contributed by atoms with Crippen LogP contribution in [0.5, 0.6) is 0 Å². The monoisotopic (exact) mass is 332 g/mol. The molecule has 1 aliphatic rings. The summed E-state index contributed by atoms with van der Waals surface area (Å²) in [4.78, 5) is 26.0. The van der Waals surface area contributed by atoms with Gasteiger partial charge in [0.25, 0.3) is 5.91 Å². The highest BCUT2D eigenvalue weighted by molar-refractivity contribution is 5.97. The number of piperidine rings is 1. The molecule has 0 aliphatic carbocycles. The van der Waals surface area contributed by atoms with Crippen molar-refractivity contribution in [1.82, 2.24) is 4.90 Å². The van der Waals surface area contributed by atoms with E-state index in [-0.39, 0.29) is 29.8 Å². The first kappa shape index (κ1) is 18.5. The number of anilines is 1. The predicted molar refractivity (Wildman–Crippen MR) is 94.8 cm³/mol. The molecule has 24 heavy (non-hydrogen) atoms. The van der Waals surface area contributed by atoms with Crippen molar-refractivity contribution in [3.63, 3.8) is 0 Å². The summed E-state index contributed by atoms with van der Waals surface area (Å²) in [5.74, 6) is 0.434. The van der Waals surface area contributed by atoms with Gasteiger partial charge in [0.2, 0.25) is 5.91 Å². The summed E-state index contributed by atoms with van der Waals surface area (Å²) in [5.41, 5.74) is 1.24. The number of hydrogen-bond donors (Lipinski definition) is 2. The third-order valence-electron chi connectivity index (χ3n) is 4.71. The van der Waals surface area contributed by atoms with Crippen LogP contribution in [-0.4, -0.2) is 41.0 Å². The zero-order chi connectivity index (χ0) is 17.7. The molecule has 2 amide bonds. The standard InChI is InChI=1S/C19H28N2O3/c1-4-17(22)20-16-7-5-6-15(12-16)19(24)21-10-8-14(9-11-21)18(23)13(2)3/h5-7,12-14,18,23H,4,8-11H2,1-3H3,(H,20,22). The minimum atomic E-state index is -0.296. The lowest BCUT2D eigenvalue weighted by Crippen LogP contribution is -2.42. The second-order valence-electron chi connectivity index (χ2n) is 6.85. The van der Waals surface area contributed by atoms with Gasteiger partial charge in [-0.05, 0) is 42.9 Å². The van der Waals surface area contributed by atoms with Crippen molar-refractivity contribution in [3.8, 4) is 0 Å². The van der Waals surface area contributed by atoms with E-state index in [2.05, 4.69) is 5.32 Å². The van der Waals surface area contributed by atoms with Crippen molar-refractivity contribution in [2.75, 3.05) is 18.4 Å². The molecule has 0 radical (unpaired) electrons. The molecule has 1 aliphatic heterocycles. The number of carbonyl (C=O) groups is 2. The minimum Gasteiger partial charge on any atom is -0.393 e. The summed E-state index contributed by atoms with van der Waals surface area (Å²) in [5, 5.41) is 13.0. The van der Waals surface area contributed by atoms with Gasteiger partial charge in [0, 0.05) is 30.8 Å². The third kappa shape index (κ3) is 4.57. The molecule has 2 N–H and O–H groups in total. The van der Waals surface area contributed by atoms with E-state index in [1.54, 1.807) is 31.2 Å². The fourth-order valence-corrected chi connectivity index (χ4v) is 3.15. The molecule has 0 spiro atoms. The molecule has 1 saturated heterocycles. The van der Waals surface area contributed by atoms with Crippen molar-refractivity contribution in [1.29, 1.82) is 0 Å². The Morgan fingerprint density at radius 1 is 1.29 bits per heavy atom. The molecule has 1 unspecified atom stereocenters. The van der Waals surface area contributed by atoms with Crippen molar-refractivity contribution in [2.24, 2.45) is 11.8 Å². The molecule has 0 saturated carbocycles. The van der Waals surface area contributed by atoms with E-state index in [9.17, 15) is 14.7 Å². The number of nitrogens with one attached hydrogen (secondary N) is 1. The highest BCUT2D eigenvalue weighted by atomic mass is 16.3. The smallest absolute Gasteiger partial charge is 0.253 e. The second-order valence-corrected chi connectivity index (χ2v) is 6.85. The van der Waals surface area contributed by atoms with E-state index in [0.29, 0.717) is 30.8 Å². The van der Waals surface area contributed by atoms with Crippen LogP contribution in [0, 0.1) is 11.8 Å². The van der Waals surface area contributed by atoms with Gasteiger partial charge >= 0.3 is 0 Å². The number of aliphatic hydroxyl groups excluding tert-OH is 1. The molecular formula is C19H28N2O3. The number of hydrogen-bond acceptors (Lipinski definition) is 3. The summed E-state index contributed by atoms with van der Waals surface area (Å²) < 4.78 is 0. The van der Waals surface area contributed by atoms with E-state index in [1.165, 1.54) is 0 Å². The highest BCUT2D eigenvalue weighted by Gasteiger charge is 2.29. The molecular weight excluding hydrogens is 304 g/mol. The first-order valence-corrected chi connectivity index (χ1v) is 8.79. The fourth-order valence-electron chi connectivity index (χ4n) is 3.15. The zero-order valence-electron chi connectivity index (χ0n) is 14.8. The van der Waals surface area contributed by atoms with E-state index in [4.69, 9.17) is 0 Å². The SMILES string of the molecule is CCC(=O)Nc1cccc(C(=O)N2CCC(C(O)C(C)C)CC2)c1. The van der Waals surface area contributed by atoms with Crippen LogP contribution in [0.1, 0.15) is 50.4 Å².